The number of hydrogen-bond acceptors (Lipinski definition) is 5. The van der Waals surface area contributed by atoms with E-state index in [0.717, 1.165) is 56.5 Å². The van der Waals surface area contributed by atoms with Crippen molar-refractivity contribution in [1.29, 1.82) is 0 Å². The van der Waals surface area contributed by atoms with Gasteiger partial charge in [0.1, 0.15) is 10.3 Å². The molecule has 0 aliphatic carbocycles. The average Bonchev–Trinajstić information content (AvgIpc) is 2.75. The molecule has 0 atom stereocenters. The molecule has 148 valence electrons. The highest BCUT2D eigenvalue weighted by atomic mass is 79.9. The monoisotopic (exact) mass is 444 g/mol. The highest BCUT2D eigenvalue weighted by molar-refractivity contribution is 9.10. The molecular weight excluding hydrogens is 420 g/mol. The van der Waals surface area contributed by atoms with Crippen LogP contribution in [-0.2, 0) is 4.74 Å². The van der Waals surface area contributed by atoms with Crippen molar-refractivity contribution in [1.82, 2.24) is 4.98 Å². The molecule has 0 bridgehead atoms. The lowest BCUT2D eigenvalue weighted by atomic mass is 10.1. The van der Waals surface area contributed by atoms with Crippen LogP contribution in [0.1, 0.15) is 29.8 Å². The van der Waals surface area contributed by atoms with E-state index >= 15 is 0 Å². The SMILES string of the molecule is O=C(Nc1cc(N2CCOCC2)ccc1N1CCCCC1)c1cccc(Br)n1. The van der Waals surface area contributed by atoms with Crippen molar-refractivity contribution in [3.8, 4) is 0 Å². The van der Waals surface area contributed by atoms with Gasteiger partial charge in [-0.2, -0.15) is 0 Å². The zero-order valence-electron chi connectivity index (χ0n) is 15.9. The number of benzene rings is 1. The Morgan fingerprint density at radius 3 is 2.54 bits per heavy atom. The number of morpholine rings is 1. The van der Waals surface area contributed by atoms with E-state index in [0.29, 0.717) is 10.3 Å². The van der Waals surface area contributed by atoms with Crippen LogP contribution in [0.15, 0.2) is 41.0 Å². The number of piperidine rings is 1. The van der Waals surface area contributed by atoms with Gasteiger partial charge >= 0.3 is 0 Å². The molecule has 7 heteroatoms. The second kappa shape index (κ2) is 8.92. The molecule has 1 aromatic carbocycles. The normalized spacial score (nSPS) is 17.5. The second-order valence-corrected chi connectivity index (χ2v) is 7.96. The van der Waals surface area contributed by atoms with E-state index in [1.807, 2.05) is 12.1 Å². The van der Waals surface area contributed by atoms with E-state index in [2.05, 4.69) is 54.2 Å². The number of nitrogens with zero attached hydrogens (tertiary/aromatic N) is 3. The third kappa shape index (κ3) is 4.47. The fourth-order valence-corrected chi connectivity index (χ4v) is 4.12. The van der Waals surface area contributed by atoms with Crippen LogP contribution in [-0.4, -0.2) is 50.3 Å². The summed E-state index contributed by atoms with van der Waals surface area (Å²) in [5.74, 6) is -0.196. The number of carbonyl (C=O) groups excluding carboxylic acids is 1. The van der Waals surface area contributed by atoms with Gasteiger partial charge in [0.2, 0.25) is 0 Å². The first kappa shape index (κ1) is 19.2. The summed E-state index contributed by atoms with van der Waals surface area (Å²) in [4.78, 5) is 21.8. The van der Waals surface area contributed by atoms with Crippen LogP contribution in [0.2, 0.25) is 0 Å². The van der Waals surface area contributed by atoms with Gasteiger partial charge in [0.05, 0.1) is 24.6 Å². The van der Waals surface area contributed by atoms with Crippen molar-refractivity contribution >= 4 is 38.9 Å². The predicted molar refractivity (Wildman–Crippen MR) is 115 cm³/mol. The van der Waals surface area contributed by atoms with Crippen molar-refractivity contribution in [3.05, 3.63) is 46.7 Å². The summed E-state index contributed by atoms with van der Waals surface area (Å²) in [6.07, 6.45) is 3.64. The van der Waals surface area contributed by atoms with Gasteiger partial charge in [0.25, 0.3) is 5.91 Å². The summed E-state index contributed by atoms with van der Waals surface area (Å²) in [6, 6.07) is 11.7. The minimum Gasteiger partial charge on any atom is -0.378 e. The first-order valence-corrected chi connectivity index (χ1v) is 10.7. The molecule has 3 heterocycles. The number of rotatable bonds is 4. The molecule has 0 spiro atoms. The minimum absolute atomic E-state index is 0.196. The summed E-state index contributed by atoms with van der Waals surface area (Å²) in [6.45, 7) is 5.24. The number of aromatic nitrogens is 1. The van der Waals surface area contributed by atoms with Gasteiger partial charge in [0.15, 0.2) is 0 Å². The number of halogens is 1. The maximum Gasteiger partial charge on any atom is 0.274 e. The molecule has 2 aromatic rings. The first-order chi connectivity index (χ1) is 13.7. The number of ether oxygens (including phenoxy) is 1. The van der Waals surface area contributed by atoms with Gasteiger partial charge in [-0.05, 0) is 65.5 Å². The van der Waals surface area contributed by atoms with Gasteiger partial charge in [0, 0.05) is 31.9 Å². The lowest BCUT2D eigenvalue weighted by Crippen LogP contribution is -2.36. The second-order valence-electron chi connectivity index (χ2n) is 7.15. The molecule has 0 unspecified atom stereocenters. The Kier molecular flexibility index (Phi) is 6.12. The summed E-state index contributed by atoms with van der Waals surface area (Å²) in [5, 5.41) is 3.11. The Labute approximate surface area is 174 Å². The maximum atomic E-state index is 12.8. The lowest BCUT2D eigenvalue weighted by Gasteiger charge is -2.33. The van der Waals surface area contributed by atoms with E-state index in [9.17, 15) is 4.79 Å². The Morgan fingerprint density at radius 2 is 1.79 bits per heavy atom. The average molecular weight is 445 g/mol. The zero-order valence-corrected chi connectivity index (χ0v) is 17.5. The molecule has 2 aliphatic heterocycles. The van der Waals surface area contributed by atoms with Crippen LogP contribution < -0.4 is 15.1 Å². The number of hydrogen-bond donors (Lipinski definition) is 1. The fourth-order valence-electron chi connectivity index (χ4n) is 3.77. The topological polar surface area (TPSA) is 57.7 Å². The molecule has 0 radical (unpaired) electrons. The quantitative estimate of drug-likeness (QED) is 0.723. The van der Waals surface area contributed by atoms with Crippen LogP contribution in [0, 0.1) is 0 Å². The lowest BCUT2D eigenvalue weighted by molar-refractivity contribution is 0.102. The Balaban J connectivity index is 1.63. The molecular formula is C21H25BrN4O2. The summed E-state index contributed by atoms with van der Waals surface area (Å²) in [5.41, 5.74) is 3.44. The Hall–Kier alpha value is -2.12. The smallest absolute Gasteiger partial charge is 0.274 e. The van der Waals surface area contributed by atoms with Crippen molar-refractivity contribution in [3.63, 3.8) is 0 Å². The van der Waals surface area contributed by atoms with E-state index in [-0.39, 0.29) is 5.91 Å². The largest absolute Gasteiger partial charge is 0.378 e. The first-order valence-electron chi connectivity index (χ1n) is 9.86. The van der Waals surface area contributed by atoms with Crippen LogP contribution >= 0.6 is 15.9 Å². The van der Waals surface area contributed by atoms with Crippen LogP contribution in [0.5, 0.6) is 0 Å². The van der Waals surface area contributed by atoms with E-state index in [1.54, 1.807) is 6.07 Å². The van der Waals surface area contributed by atoms with E-state index in [1.165, 1.54) is 19.3 Å². The van der Waals surface area contributed by atoms with Crippen molar-refractivity contribution in [2.75, 3.05) is 54.5 Å². The van der Waals surface area contributed by atoms with E-state index in [4.69, 9.17) is 4.74 Å². The Bertz CT molecular complexity index is 833. The van der Waals surface area contributed by atoms with Gasteiger partial charge in [-0.25, -0.2) is 4.98 Å². The standard InChI is InChI=1S/C21H25BrN4O2/c22-20-6-4-5-17(23-20)21(27)24-18-15-16(25-11-13-28-14-12-25)7-8-19(18)26-9-2-1-3-10-26/h4-8,15H,1-3,9-14H2,(H,24,27). The fraction of sp³-hybridized carbons (Fsp3) is 0.429. The number of pyridine rings is 1. The van der Waals surface area contributed by atoms with Crippen molar-refractivity contribution in [2.45, 2.75) is 19.3 Å². The summed E-state index contributed by atoms with van der Waals surface area (Å²) < 4.78 is 6.12. The van der Waals surface area contributed by atoms with Gasteiger partial charge in [-0.3, -0.25) is 4.79 Å². The molecule has 1 aromatic heterocycles. The molecule has 1 amide bonds. The molecule has 2 fully saturated rings. The van der Waals surface area contributed by atoms with Crippen molar-refractivity contribution < 1.29 is 9.53 Å². The molecule has 6 nitrogen and oxygen atoms in total. The number of carbonyl (C=O) groups is 1. The summed E-state index contributed by atoms with van der Waals surface area (Å²) >= 11 is 3.34. The third-order valence-electron chi connectivity index (χ3n) is 5.25. The van der Waals surface area contributed by atoms with Crippen LogP contribution in [0.4, 0.5) is 17.1 Å². The molecule has 28 heavy (non-hydrogen) atoms. The highest BCUT2D eigenvalue weighted by Crippen LogP contribution is 2.33. The summed E-state index contributed by atoms with van der Waals surface area (Å²) in [7, 11) is 0. The molecule has 1 N–H and O–H groups in total. The van der Waals surface area contributed by atoms with Crippen LogP contribution in [0.3, 0.4) is 0 Å². The number of amides is 1. The molecule has 2 saturated heterocycles. The van der Waals surface area contributed by atoms with Crippen molar-refractivity contribution in [2.24, 2.45) is 0 Å². The minimum atomic E-state index is -0.196. The number of anilines is 3. The zero-order chi connectivity index (χ0) is 19.3. The Morgan fingerprint density at radius 1 is 1.00 bits per heavy atom. The third-order valence-corrected chi connectivity index (χ3v) is 5.69. The van der Waals surface area contributed by atoms with Gasteiger partial charge < -0.3 is 19.9 Å². The molecule has 2 aliphatic rings. The molecule has 0 saturated carbocycles. The highest BCUT2D eigenvalue weighted by Gasteiger charge is 2.20. The van der Waals surface area contributed by atoms with Gasteiger partial charge in [-0.15, -0.1) is 0 Å². The maximum absolute atomic E-state index is 12.8. The molecule has 4 rings (SSSR count). The van der Waals surface area contributed by atoms with E-state index < -0.39 is 0 Å². The van der Waals surface area contributed by atoms with Gasteiger partial charge in [-0.1, -0.05) is 6.07 Å². The van der Waals surface area contributed by atoms with Crippen LogP contribution in [0.25, 0.3) is 0 Å². The number of nitrogens with one attached hydrogen (secondary N) is 1. The predicted octanol–water partition coefficient (Wildman–Crippen LogP) is 3.92.